The van der Waals surface area contributed by atoms with E-state index in [4.69, 9.17) is 0 Å². The van der Waals surface area contributed by atoms with E-state index in [2.05, 4.69) is 21.2 Å². The van der Waals surface area contributed by atoms with Crippen LogP contribution in [-0.4, -0.2) is 44.0 Å². The predicted molar refractivity (Wildman–Crippen MR) is 90.2 cm³/mol. The lowest BCUT2D eigenvalue weighted by Crippen LogP contribution is -2.42. The summed E-state index contributed by atoms with van der Waals surface area (Å²) in [5.74, 6) is -0.110. The molecular formula is C15H21BrN2O3S. The highest BCUT2D eigenvalue weighted by Gasteiger charge is 2.30. The van der Waals surface area contributed by atoms with Gasteiger partial charge in [0.05, 0.1) is 12.3 Å². The Morgan fingerprint density at radius 2 is 1.95 bits per heavy atom. The minimum Gasteiger partial charge on any atom is -0.354 e. The third kappa shape index (κ3) is 4.30. The molecule has 0 radical (unpaired) electrons. The summed E-state index contributed by atoms with van der Waals surface area (Å²) in [6, 6.07) is 7.97. The first kappa shape index (κ1) is 17.4. The van der Waals surface area contributed by atoms with Gasteiger partial charge in [0.2, 0.25) is 15.9 Å². The van der Waals surface area contributed by atoms with E-state index >= 15 is 0 Å². The second kappa shape index (κ2) is 6.68. The Labute approximate surface area is 140 Å². The van der Waals surface area contributed by atoms with Crippen molar-refractivity contribution in [2.75, 3.05) is 25.4 Å². The molecule has 1 heterocycles. The van der Waals surface area contributed by atoms with Crippen LogP contribution in [0.3, 0.4) is 0 Å². The Hall–Kier alpha value is -0.920. The smallest absolute Gasteiger partial charge is 0.235 e. The largest absolute Gasteiger partial charge is 0.354 e. The summed E-state index contributed by atoms with van der Waals surface area (Å²) >= 11 is 3.40. The predicted octanol–water partition coefficient (Wildman–Crippen LogP) is 1.88. The molecule has 1 aliphatic rings. The SMILES string of the molecule is CC(C)(CNC(=O)CN1CCCS1(=O)=O)c1ccc(Br)cc1. The van der Waals surface area contributed by atoms with Crippen molar-refractivity contribution in [1.82, 2.24) is 9.62 Å². The lowest BCUT2D eigenvalue weighted by atomic mass is 9.84. The molecule has 0 spiro atoms. The minimum atomic E-state index is -3.23. The monoisotopic (exact) mass is 388 g/mol. The number of benzene rings is 1. The van der Waals surface area contributed by atoms with Crippen LogP contribution in [0.15, 0.2) is 28.7 Å². The van der Waals surface area contributed by atoms with Crippen LogP contribution in [0.2, 0.25) is 0 Å². The Morgan fingerprint density at radius 1 is 1.32 bits per heavy atom. The summed E-state index contributed by atoms with van der Waals surface area (Å²) < 4.78 is 25.7. The summed E-state index contributed by atoms with van der Waals surface area (Å²) in [4.78, 5) is 12.0. The number of nitrogens with one attached hydrogen (secondary N) is 1. The van der Waals surface area contributed by atoms with Gasteiger partial charge in [-0.15, -0.1) is 0 Å². The van der Waals surface area contributed by atoms with Gasteiger partial charge >= 0.3 is 0 Å². The van der Waals surface area contributed by atoms with E-state index in [0.29, 0.717) is 19.5 Å². The highest BCUT2D eigenvalue weighted by atomic mass is 79.9. The summed E-state index contributed by atoms with van der Waals surface area (Å²) in [5, 5.41) is 2.84. The molecular weight excluding hydrogens is 368 g/mol. The normalized spacial score (nSPS) is 18.3. The van der Waals surface area contributed by atoms with Crippen molar-refractivity contribution in [3.8, 4) is 0 Å². The van der Waals surface area contributed by atoms with Crippen molar-refractivity contribution in [2.24, 2.45) is 0 Å². The molecule has 5 nitrogen and oxygen atoms in total. The Morgan fingerprint density at radius 3 is 2.50 bits per heavy atom. The third-order valence-corrected chi connectivity index (χ3v) is 6.31. The average Bonchev–Trinajstić information content (AvgIpc) is 2.76. The van der Waals surface area contributed by atoms with Gasteiger partial charge in [-0.25, -0.2) is 8.42 Å². The first-order chi connectivity index (χ1) is 10.2. The molecule has 1 amide bonds. The molecule has 7 heteroatoms. The first-order valence-electron chi connectivity index (χ1n) is 7.21. The van der Waals surface area contributed by atoms with Crippen LogP contribution >= 0.6 is 15.9 Å². The van der Waals surface area contributed by atoms with Gasteiger partial charge in [0.15, 0.2) is 0 Å². The standard InChI is InChI=1S/C15H21BrN2O3S/c1-15(2,12-4-6-13(16)7-5-12)11-17-14(19)10-18-8-3-9-22(18,20)21/h4-7H,3,8-11H2,1-2H3,(H,17,19). The van der Waals surface area contributed by atoms with Crippen LogP contribution < -0.4 is 5.32 Å². The third-order valence-electron chi connectivity index (χ3n) is 3.88. The number of sulfonamides is 1. The molecule has 1 aliphatic heterocycles. The van der Waals surface area contributed by atoms with Gasteiger partial charge in [-0.3, -0.25) is 4.79 Å². The van der Waals surface area contributed by atoms with Crippen molar-refractivity contribution < 1.29 is 13.2 Å². The number of hydrogen-bond acceptors (Lipinski definition) is 3. The van der Waals surface area contributed by atoms with E-state index in [0.717, 1.165) is 10.0 Å². The number of halogens is 1. The van der Waals surface area contributed by atoms with Gasteiger partial charge in [-0.1, -0.05) is 41.9 Å². The topological polar surface area (TPSA) is 66.5 Å². The van der Waals surface area contributed by atoms with E-state index in [-0.39, 0.29) is 23.6 Å². The van der Waals surface area contributed by atoms with E-state index < -0.39 is 10.0 Å². The number of amides is 1. The van der Waals surface area contributed by atoms with Crippen molar-refractivity contribution in [3.63, 3.8) is 0 Å². The summed E-state index contributed by atoms with van der Waals surface area (Å²) in [7, 11) is -3.23. The second-order valence-electron chi connectivity index (χ2n) is 6.17. The van der Waals surface area contributed by atoms with Crippen molar-refractivity contribution >= 4 is 31.9 Å². The molecule has 22 heavy (non-hydrogen) atoms. The van der Waals surface area contributed by atoms with Crippen LogP contribution in [0.25, 0.3) is 0 Å². The average molecular weight is 389 g/mol. The number of hydrogen-bond donors (Lipinski definition) is 1. The van der Waals surface area contributed by atoms with Crippen LogP contribution in [0.5, 0.6) is 0 Å². The Kier molecular flexibility index (Phi) is 5.29. The van der Waals surface area contributed by atoms with Crippen LogP contribution in [0.4, 0.5) is 0 Å². The minimum absolute atomic E-state index is 0.0846. The zero-order chi connectivity index (χ0) is 16.4. The van der Waals surface area contributed by atoms with E-state index in [1.165, 1.54) is 4.31 Å². The molecule has 0 bridgehead atoms. The van der Waals surface area contributed by atoms with Crippen LogP contribution in [0, 0.1) is 0 Å². The lowest BCUT2D eigenvalue weighted by Gasteiger charge is -2.26. The molecule has 2 rings (SSSR count). The Bertz CT molecular complexity index is 641. The highest BCUT2D eigenvalue weighted by molar-refractivity contribution is 9.10. The maximum Gasteiger partial charge on any atom is 0.235 e. The molecule has 0 aliphatic carbocycles. The summed E-state index contributed by atoms with van der Waals surface area (Å²) in [6.45, 7) is 4.90. The molecule has 1 fully saturated rings. The van der Waals surface area contributed by atoms with Crippen LogP contribution in [0.1, 0.15) is 25.8 Å². The number of carbonyl (C=O) groups is 1. The van der Waals surface area contributed by atoms with Gasteiger partial charge in [-0.2, -0.15) is 4.31 Å². The van der Waals surface area contributed by atoms with Gasteiger partial charge < -0.3 is 5.32 Å². The molecule has 0 unspecified atom stereocenters. The molecule has 1 aromatic carbocycles. The second-order valence-corrected chi connectivity index (χ2v) is 9.17. The maximum absolute atomic E-state index is 12.0. The van der Waals surface area contributed by atoms with Gasteiger partial charge in [0.25, 0.3) is 0 Å². The fraction of sp³-hybridized carbons (Fsp3) is 0.533. The van der Waals surface area contributed by atoms with E-state index in [1.54, 1.807) is 0 Å². The summed E-state index contributed by atoms with van der Waals surface area (Å²) in [6.07, 6.45) is 0.597. The summed E-state index contributed by atoms with van der Waals surface area (Å²) in [5.41, 5.74) is 0.894. The lowest BCUT2D eigenvalue weighted by molar-refractivity contribution is -0.121. The van der Waals surface area contributed by atoms with Gasteiger partial charge in [0, 0.05) is 23.0 Å². The zero-order valence-corrected chi connectivity index (χ0v) is 15.2. The van der Waals surface area contributed by atoms with E-state index in [1.807, 2.05) is 38.1 Å². The molecule has 0 saturated carbocycles. The molecule has 1 aromatic rings. The number of carbonyl (C=O) groups excluding carboxylic acids is 1. The van der Waals surface area contributed by atoms with Gasteiger partial charge in [0.1, 0.15) is 0 Å². The van der Waals surface area contributed by atoms with E-state index in [9.17, 15) is 13.2 Å². The van der Waals surface area contributed by atoms with Crippen molar-refractivity contribution in [2.45, 2.75) is 25.7 Å². The highest BCUT2D eigenvalue weighted by Crippen LogP contribution is 2.24. The fourth-order valence-corrected chi connectivity index (χ4v) is 4.15. The Balaban J connectivity index is 1.91. The molecule has 0 aromatic heterocycles. The van der Waals surface area contributed by atoms with Gasteiger partial charge in [-0.05, 0) is 24.1 Å². The molecule has 0 atom stereocenters. The zero-order valence-electron chi connectivity index (χ0n) is 12.8. The molecule has 122 valence electrons. The van der Waals surface area contributed by atoms with Crippen molar-refractivity contribution in [3.05, 3.63) is 34.3 Å². The number of rotatable bonds is 5. The molecule has 1 N–H and O–H groups in total. The fourth-order valence-electron chi connectivity index (χ4n) is 2.41. The quantitative estimate of drug-likeness (QED) is 0.836. The number of nitrogens with zero attached hydrogens (tertiary/aromatic N) is 1. The van der Waals surface area contributed by atoms with Crippen LogP contribution in [-0.2, 0) is 20.2 Å². The first-order valence-corrected chi connectivity index (χ1v) is 9.61. The van der Waals surface area contributed by atoms with Crippen molar-refractivity contribution in [1.29, 1.82) is 0 Å². The maximum atomic E-state index is 12.0. The molecule has 1 saturated heterocycles.